The maximum atomic E-state index is 11.1. The fraction of sp³-hybridized carbons (Fsp3) is 0.286. The summed E-state index contributed by atoms with van der Waals surface area (Å²) in [7, 11) is 0. The third-order valence-electron chi connectivity index (χ3n) is 4.95. The number of nitrogens with one attached hydrogen (secondary N) is 1. The number of nitrogens with zero attached hydrogens (tertiary/aromatic N) is 2. The Morgan fingerprint density at radius 1 is 1.00 bits per heavy atom. The van der Waals surface area contributed by atoms with Gasteiger partial charge in [0.05, 0.1) is 18.2 Å². The number of benzene rings is 2. The van der Waals surface area contributed by atoms with Gasteiger partial charge < -0.3 is 9.67 Å². The third kappa shape index (κ3) is 3.36. The molecule has 1 aliphatic heterocycles. The summed E-state index contributed by atoms with van der Waals surface area (Å²) in [6.45, 7) is 1.02. The van der Waals surface area contributed by atoms with E-state index in [9.17, 15) is 5.11 Å². The van der Waals surface area contributed by atoms with Crippen molar-refractivity contribution in [3.8, 4) is 0 Å². The first kappa shape index (κ1) is 16.1. The molecule has 4 rings (SSSR count). The third-order valence-corrected chi connectivity index (χ3v) is 4.95. The van der Waals surface area contributed by atoms with Crippen LogP contribution in [0.3, 0.4) is 0 Å². The van der Waals surface area contributed by atoms with E-state index in [-0.39, 0.29) is 12.1 Å². The number of hydrogen-bond acceptors (Lipinski definition) is 3. The zero-order valence-electron chi connectivity index (χ0n) is 14.1. The first-order valence-electron chi connectivity index (χ1n) is 8.88. The zero-order valence-corrected chi connectivity index (χ0v) is 14.1. The van der Waals surface area contributed by atoms with Crippen LogP contribution in [0.1, 0.15) is 48.0 Å². The largest absolute Gasteiger partial charge is 0.386 e. The van der Waals surface area contributed by atoms with E-state index in [0.717, 1.165) is 36.3 Å². The van der Waals surface area contributed by atoms with Gasteiger partial charge in [0.25, 0.3) is 0 Å². The van der Waals surface area contributed by atoms with Gasteiger partial charge in [-0.3, -0.25) is 5.32 Å². The second kappa shape index (κ2) is 7.21. The SMILES string of the molecule is O[C@@H](c1ccccc1)[C@H](NC1CCCn2ccnc21)c1ccccc1. The van der Waals surface area contributed by atoms with Crippen molar-refractivity contribution < 1.29 is 5.11 Å². The van der Waals surface area contributed by atoms with Crippen molar-refractivity contribution in [2.24, 2.45) is 0 Å². The minimum atomic E-state index is -0.617. The van der Waals surface area contributed by atoms with Gasteiger partial charge in [-0.2, -0.15) is 0 Å². The molecule has 4 nitrogen and oxygen atoms in total. The molecule has 25 heavy (non-hydrogen) atoms. The van der Waals surface area contributed by atoms with Gasteiger partial charge in [0.1, 0.15) is 5.82 Å². The average molecular weight is 333 g/mol. The minimum absolute atomic E-state index is 0.146. The maximum absolute atomic E-state index is 11.1. The Labute approximate surface area is 148 Å². The van der Waals surface area contributed by atoms with Crippen molar-refractivity contribution in [3.05, 3.63) is 90.0 Å². The van der Waals surface area contributed by atoms with Crippen molar-refractivity contribution >= 4 is 0 Å². The summed E-state index contributed by atoms with van der Waals surface area (Å²) in [5.74, 6) is 1.06. The Morgan fingerprint density at radius 2 is 1.68 bits per heavy atom. The Kier molecular flexibility index (Phi) is 4.63. The normalized spacial score (nSPS) is 19.2. The van der Waals surface area contributed by atoms with Crippen LogP contribution < -0.4 is 5.32 Å². The highest BCUT2D eigenvalue weighted by atomic mass is 16.3. The summed E-state index contributed by atoms with van der Waals surface area (Å²) in [5, 5.41) is 14.8. The highest BCUT2D eigenvalue weighted by molar-refractivity contribution is 5.26. The first-order chi connectivity index (χ1) is 12.3. The summed E-state index contributed by atoms with van der Waals surface area (Å²) in [5.41, 5.74) is 2.01. The van der Waals surface area contributed by atoms with Crippen LogP contribution >= 0.6 is 0 Å². The second-order valence-electron chi connectivity index (χ2n) is 6.58. The molecule has 1 aromatic heterocycles. The van der Waals surface area contributed by atoms with Crippen LogP contribution in [0.5, 0.6) is 0 Å². The first-order valence-corrected chi connectivity index (χ1v) is 8.88. The fourth-order valence-electron chi connectivity index (χ4n) is 3.66. The molecule has 1 aliphatic rings. The predicted octanol–water partition coefficient (Wildman–Crippen LogP) is 3.78. The highest BCUT2D eigenvalue weighted by Crippen LogP contribution is 2.33. The molecular weight excluding hydrogens is 310 g/mol. The molecule has 0 spiro atoms. The van der Waals surface area contributed by atoms with Gasteiger partial charge in [-0.25, -0.2) is 4.98 Å². The van der Waals surface area contributed by atoms with Crippen molar-refractivity contribution in [1.29, 1.82) is 0 Å². The molecule has 3 atom stereocenters. The van der Waals surface area contributed by atoms with E-state index >= 15 is 0 Å². The maximum Gasteiger partial charge on any atom is 0.125 e. The van der Waals surface area contributed by atoms with Gasteiger partial charge in [0, 0.05) is 18.9 Å². The number of hydrogen-bond donors (Lipinski definition) is 2. The Balaban J connectivity index is 1.65. The zero-order chi connectivity index (χ0) is 17.1. The monoisotopic (exact) mass is 333 g/mol. The van der Waals surface area contributed by atoms with Crippen LogP contribution in [0.15, 0.2) is 73.1 Å². The lowest BCUT2D eigenvalue weighted by atomic mass is 9.94. The summed E-state index contributed by atoms with van der Waals surface area (Å²) < 4.78 is 2.21. The van der Waals surface area contributed by atoms with Crippen LogP contribution in [0, 0.1) is 0 Å². The summed E-state index contributed by atoms with van der Waals surface area (Å²) >= 11 is 0. The number of rotatable bonds is 5. The lowest BCUT2D eigenvalue weighted by Gasteiger charge is -2.32. The van der Waals surface area contributed by atoms with Crippen molar-refractivity contribution in [2.75, 3.05) is 0 Å². The van der Waals surface area contributed by atoms with E-state index < -0.39 is 6.10 Å². The van der Waals surface area contributed by atoms with Crippen LogP contribution in [-0.4, -0.2) is 14.7 Å². The molecule has 0 saturated carbocycles. The van der Waals surface area contributed by atoms with Crippen LogP contribution in [-0.2, 0) is 6.54 Å². The average Bonchev–Trinajstić information content (AvgIpc) is 3.16. The van der Waals surface area contributed by atoms with E-state index in [4.69, 9.17) is 0 Å². The molecule has 0 amide bonds. The summed E-state index contributed by atoms with van der Waals surface area (Å²) in [6, 6.07) is 20.0. The second-order valence-corrected chi connectivity index (χ2v) is 6.58. The number of aromatic nitrogens is 2. The van der Waals surface area contributed by atoms with E-state index in [1.54, 1.807) is 0 Å². The van der Waals surface area contributed by atoms with E-state index in [2.05, 4.69) is 27.0 Å². The lowest BCUT2D eigenvalue weighted by molar-refractivity contribution is 0.117. The standard InChI is InChI=1S/C21H23N3O/c25-20(17-10-5-2-6-11-17)19(16-8-3-1-4-9-16)23-18-12-7-14-24-15-13-22-21(18)24/h1-6,8-11,13,15,18-20,23,25H,7,12,14H2/t18?,19-,20+/m1/s1. The van der Waals surface area contributed by atoms with Gasteiger partial charge in [-0.15, -0.1) is 0 Å². The highest BCUT2D eigenvalue weighted by Gasteiger charge is 2.29. The molecule has 128 valence electrons. The van der Waals surface area contributed by atoms with Crippen LogP contribution in [0.2, 0.25) is 0 Å². The lowest BCUT2D eigenvalue weighted by Crippen LogP contribution is -2.34. The Morgan fingerprint density at radius 3 is 2.40 bits per heavy atom. The fourth-order valence-corrected chi connectivity index (χ4v) is 3.66. The number of aryl methyl sites for hydroxylation is 1. The molecule has 3 aromatic rings. The summed E-state index contributed by atoms with van der Waals surface area (Å²) in [4.78, 5) is 4.54. The minimum Gasteiger partial charge on any atom is -0.386 e. The number of fused-ring (bicyclic) bond motifs is 1. The van der Waals surface area contributed by atoms with E-state index in [1.807, 2.05) is 60.9 Å². The Hall–Kier alpha value is -2.43. The van der Waals surface area contributed by atoms with E-state index in [1.165, 1.54) is 0 Å². The van der Waals surface area contributed by atoms with Crippen LogP contribution in [0.4, 0.5) is 0 Å². The van der Waals surface area contributed by atoms with Gasteiger partial charge in [0.15, 0.2) is 0 Å². The number of aliphatic hydroxyl groups is 1. The number of aliphatic hydroxyl groups excluding tert-OH is 1. The molecule has 0 saturated heterocycles. The predicted molar refractivity (Wildman–Crippen MR) is 97.9 cm³/mol. The van der Waals surface area contributed by atoms with Gasteiger partial charge in [0.2, 0.25) is 0 Å². The van der Waals surface area contributed by atoms with Gasteiger partial charge >= 0.3 is 0 Å². The van der Waals surface area contributed by atoms with Crippen molar-refractivity contribution in [1.82, 2.24) is 14.9 Å². The smallest absolute Gasteiger partial charge is 0.125 e. The van der Waals surface area contributed by atoms with Gasteiger partial charge in [-0.05, 0) is 24.0 Å². The quantitative estimate of drug-likeness (QED) is 0.747. The van der Waals surface area contributed by atoms with Crippen LogP contribution in [0.25, 0.3) is 0 Å². The van der Waals surface area contributed by atoms with Gasteiger partial charge in [-0.1, -0.05) is 60.7 Å². The van der Waals surface area contributed by atoms with E-state index in [0.29, 0.717) is 0 Å². The van der Waals surface area contributed by atoms with Crippen molar-refractivity contribution in [3.63, 3.8) is 0 Å². The molecule has 2 aromatic carbocycles. The molecule has 0 bridgehead atoms. The Bertz CT molecular complexity index is 800. The molecule has 1 unspecified atom stereocenters. The number of imidazole rings is 1. The topological polar surface area (TPSA) is 50.1 Å². The molecule has 4 heteroatoms. The summed E-state index contributed by atoms with van der Waals surface area (Å²) in [6.07, 6.45) is 5.43. The molecule has 0 aliphatic carbocycles. The molecule has 0 fully saturated rings. The molecule has 0 radical (unpaired) electrons. The molecule has 2 heterocycles. The van der Waals surface area contributed by atoms with Crippen molar-refractivity contribution in [2.45, 2.75) is 37.6 Å². The molecule has 2 N–H and O–H groups in total. The molecular formula is C21H23N3O.